The van der Waals surface area contributed by atoms with E-state index in [-0.39, 0.29) is 34.5 Å². The van der Waals surface area contributed by atoms with Crippen LogP contribution < -0.4 is 10.7 Å². The van der Waals surface area contributed by atoms with Crippen molar-refractivity contribution < 1.29 is 16.8 Å². The Morgan fingerprint density at radius 1 is 0.556 bits per heavy atom. The molecule has 0 aliphatic heterocycles. The third-order valence-electron chi connectivity index (χ3n) is 11.0. The van der Waals surface area contributed by atoms with E-state index < -0.39 is 50.2 Å². The van der Waals surface area contributed by atoms with Gasteiger partial charge in [0.2, 0.25) is 0 Å². The molecule has 4 nitrogen and oxygen atoms in total. The van der Waals surface area contributed by atoms with Crippen molar-refractivity contribution >= 4 is 56.9 Å². The Kier molecular flexibility index (Phi) is 12.1. The van der Waals surface area contributed by atoms with E-state index in [0.29, 0.717) is 0 Å². The van der Waals surface area contributed by atoms with Gasteiger partial charge in [-0.05, 0) is 0 Å². The standard InChI is InChI=1S/C28H37O4S2Si.3C6H5.Sn/c1-7-9-24-20-28(21-25(24)10-8-19-35(4,5)6,33(29,30)26-15-11-22(2)12-16-26)34(31,32)27-17-13-23(3)14-18-27;3*1-2-4-6-5-3-1;/h7-18,24-25H,1,19-21H2,2-6H3;3*1-5H;/b9-7+,10-8+;;;;/t24-,25-;;;;/m1..../s1. The fourth-order valence-corrected chi connectivity index (χ4v) is 26.9. The number of hydrogen-bond acceptors (Lipinski definition) is 4. The molecule has 280 valence electrons. The van der Waals surface area contributed by atoms with Crippen molar-refractivity contribution in [2.75, 3.05) is 0 Å². The molecule has 0 bridgehead atoms. The van der Waals surface area contributed by atoms with E-state index in [9.17, 15) is 0 Å². The first-order chi connectivity index (χ1) is 25.7. The first-order valence-corrected chi connectivity index (χ1v) is 31.8. The molecule has 5 aromatic carbocycles. The Bertz CT molecular complexity index is 2130. The summed E-state index contributed by atoms with van der Waals surface area (Å²) in [5.41, 5.74) is 1.82. The fourth-order valence-electron chi connectivity index (χ4n) is 8.01. The Morgan fingerprint density at radius 2 is 0.907 bits per heavy atom. The average Bonchev–Trinajstić information content (AvgIpc) is 3.55. The van der Waals surface area contributed by atoms with Crippen LogP contribution in [0.5, 0.6) is 0 Å². The van der Waals surface area contributed by atoms with Crippen LogP contribution in [0.2, 0.25) is 30.1 Å². The number of sulfone groups is 2. The molecule has 1 aliphatic carbocycles. The van der Waals surface area contributed by atoms with Crippen LogP contribution in [-0.4, -0.2) is 47.4 Å². The van der Waals surface area contributed by atoms with Gasteiger partial charge in [-0.1, -0.05) is 0 Å². The third-order valence-corrected chi connectivity index (χ3v) is 31.9. The van der Waals surface area contributed by atoms with E-state index >= 15 is 16.8 Å². The second-order valence-electron chi connectivity index (χ2n) is 16.1. The molecule has 6 rings (SSSR count). The average molecular weight is 880 g/mol. The zero-order valence-corrected chi connectivity index (χ0v) is 37.5. The van der Waals surface area contributed by atoms with Gasteiger partial charge in [-0.2, -0.15) is 0 Å². The van der Waals surface area contributed by atoms with Gasteiger partial charge in [-0.3, -0.25) is 0 Å². The second kappa shape index (κ2) is 16.3. The fraction of sp³-hybridized carbons (Fsp3) is 0.261. The molecule has 0 saturated heterocycles. The maximum absolute atomic E-state index is 15.1. The maximum atomic E-state index is 15.1. The van der Waals surface area contributed by atoms with Crippen LogP contribution in [0.15, 0.2) is 174 Å². The molecule has 0 unspecified atom stereocenters. The van der Waals surface area contributed by atoms with Crippen molar-refractivity contribution in [1.82, 2.24) is 0 Å². The van der Waals surface area contributed by atoms with Gasteiger partial charge in [-0.15, -0.1) is 0 Å². The van der Waals surface area contributed by atoms with Crippen LogP contribution in [0.25, 0.3) is 0 Å². The van der Waals surface area contributed by atoms with E-state index in [4.69, 9.17) is 0 Å². The molecule has 2 atom stereocenters. The van der Waals surface area contributed by atoms with E-state index in [1.165, 1.54) is 10.7 Å². The molecule has 1 aliphatic rings. The Hall–Kier alpha value is -3.50. The molecule has 8 heteroatoms. The number of hydrogen-bond donors (Lipinski definition) is 0. The normalized spacial score (nSPS) is 18.0. The molecule has 1 saturated carbocycles. The quantitative estimate of drug-likeness (QED) is 0.0876. The molecule has 54 heavy (non-hydrogen) atoms. The van der Waals surface area contributed by atoms with Crippen molar-refractivity contribution in [2.24, 2.45) is 11.8 Å². The molecule has 0 aromatic heterocycles. The molecule has 1 fully saturated rings. The summed E-state index contributed by atoms with van der Waals surface area (Å²) in [6.45, 7) is 10.7. The first-order valence-electron chi connectivity index (χ1n) is 18.8. The summed E-state index contributed by atoms with van der Waals surface area (Å²) < 4.78 is 63.0. The topological polar surface area (TPSA) is 68.3 Å². The second-order valence-corrected chi connectivity index (χ2v) is 37.7. The van der Waals surface area contributed by atoms with Crippen LogP contribution in [-0.2, 0) is 19.7 Å². The molecular formula is C46H52O4S2SiSn. The molecule has 5 aromatic rings. The summed E-state index contributed by atoms with van der Waals surface area (Å²) in [7, 11) is -10.2. The SMILES string of the molecule is Cc1ccc(S(=O)(=O)C2(S(=O)(=O)c3ccc(C)cc3)C[C@@H](/C=C/C[Si](C)(C)C)[C@H](/C=C/[CH2][Sn]([c]3ccccc3)([c]3ccccc3)[c]3ccccc3)C2)cc1. The molecule has 0 heterocycles. The predicted octanol–water partition coefficient (Wildman–Crippen LogP) is 8.89. The summed E-state index contributed by atoms with van der Waals surface area (Å²) >= 11 is -3.70. The van der Waals surface area contributed by atoms with Gasteiger partial charge < -0.3 is 0 Å². The van der Waals surface area contributed by atoms with Gasteiger partial charge >= 0.3 is 331 Å². The van der Waals surface area contributed by atoms with Crippen LogP contribution in [0.3, 0.4) is 0 Å². The number of rotatable bonds is 13. The van der Waals surface area contributed by atoms with Crippen molar-refractivity contribution in [3.05, 3.63) is 175 Å². The van der Waals surface area contributed by atoms with Crippen molar-refractivity contribution in [3.8, 4) is 0 Å². The van der Waals surface area contributed by atoms with Gasteiger partial charge in [-0.25, -0.2) is 0 Å². The van der Waals surface area contributed by atoms with E-state index in [0.717, 1.165) is 21.6 Å². The van der Waals surface area contributed by atoms with Gasteiger partial charge in [0.05, 0.1) is 0 Å². The van der Waals surface area contributed by atoms with Gasteiger partial charge in [0.15, 0.2) is 0 Å². The first kappa shape index (κ1) is 40.2. The third kappa shape index (κ3) is 8.06. The van der Waals surface area contributed by atoms with E-state index in [1.54, 1.807) is 48.5 Å². The molecule has 0 N–H and O–H groups in total. The number of aryl methyl sites for hydroxylation is 2. The monoisotopic (exact) mass is 880 g/mol. The molecule has 0 radical (unpaired) electrons. The van der Waals surface area contributed by atoms with Gasteiger partial charge in [0, 0.05) is 0 Å². The Morgan fingerprint density at radius 3 is 1.26 bits per heavy atom. The zero-order chi connectivity index (χ0) is 38.6. The van der Waals surface area contributed by atoms with Crippen molar-refractivity contribution in [1.29, 1.82) is 0 Å². The van der Waals surface area contributed by atoms with Gasteiger partial charge in [0.25, 0.3) is 0 Å². The van der Waals surface area contributed by atoms with Crippen LogP contribution >= 0.6 is 0 Å². The predicted molar refractivity (Wildman–Crippen MR) is 231 cm³/mol. The van der Waals surface area contributed by atoms with Crippen LogP contribution in [0.4, 0.5) is 0 Å². The summed E-state index contributed by atoms with van der Waals surface area (Å²) in [4.78, 5) is 0.0939. The molecule has 0 spiro atoms. The Balaban J connectivity index is 1.51. The number of allylic oxidation sites excluding steroid dienone is 4. The van der Waals surface area contributed by atoms with Gasteiger partial charge in [0.1, 0.15) is 0 Å². The Labute approximate surface area is 328 Å². The summed E-state index contributed by atoms with van der Waals surface area (Å²) in [6.07, 6.45) is 8.71. The summed E-state index contributed by atoms with van der Waals surface area (Å²) in [6, 6.07) is 46.6. The summed E-state index contributed by atoms with van der Waals surface area (Å²) in [5, 5.41) is 0. The van der Waals surface area contributed by atoms with E-state index in [2.05, 4.69) is 135 Å². The van der Waals surface area contributed by atoms with Crippen LogP contribution in [0, 0.1) is 25.7 Å². The van der Waals surface area contributed by atoms with Crippen molar-refractivity contribution in [3.63, 3.8) is 0 Å². The van der Waals surface area contributed by atoms with E-state index in [1.807, 2.05) is 13.8 Å². The summed E-state index contributed by atoms with van der Waals surface area (Å²) in [5.74, 6) is -0.595. The van der Waals surface area contributed by atoms with Crippen LogP contribution in [0.1, 0.15) is 24.0 Å². The zero-order valence-electron chi connectivity index (χ0n) is 32.0. The molecular weight excluding hydrogens is 827 g/mol. The van der Waals surface area contributed by atoms with Crippen molar-refractivity contribution in [2.45, 2.75) is 70.7 Å². The minimum absolute atomic E-state index is 0.0128. The minimum atomic E-state index is -4.37. The molecule has 0 amide bonds. The number of benzene rings is 5.